The largest absolute Gasteiger partial charge is 0.474 e. The molecule has 0 saturated heterocycles. The van der Waals surface area contributed by atoms with Crippen LogP contribution in [0.25, 0.3) is 10.8 Å². The molecule has 3 rings (SSSR count). The Labute approximate surface area is 145 Å². The first-order valence-corrected chi connectivity index (χ1v) is 9.91. The van der Waals surface area contributed by atoms with Crippen molar-refractivity contribution in [3.05, 3.63) is 29.2 Å². The molecule has 0 atom stereocenters. The van der Waals surface area contributed by atoms with Gasteiger partial charge in [-0.2, -0.15) is 0 Å². The second kappa shape index (κ2) is 5.82. The summed E-state index contributed by atoms with van der Waals surface area (Å²) in [5.41, 5.74) is -0.469. The third kappa shape index (κ3) is 3.34. The molecule has 6 nitrogen and oxygen atoms in total. The summed E-state index contributed by atoms with van der Waals surface area (Å²) in [7, 11) is -3.03. The standard InChI is InChI=1S/C16H19ClN2O4S/c1-16(2,20)13-8-19-15(12-7-18-14(17)6-11(12)13)23-9-4-10(5-9)24(3,21)22/h6-10,20H,4-5H2,1-3H3/t9-,10+. The average Bonchev–Trinajstić information content (AvgIpc) is 2.38. The van der Waals surface area contributed by atoms with Gasteiger partial charge in [-0.1, -0.05) is 11.6 Å². The van der Waals surface area contributed by atoms with Crippen molar-refractivity contribution in [2.24, 2.45) is 0 Å². The topological polar surface area (TPSA) is 89.4 Å². The zero-order chi connectivity index (χ0) is 17.7. The van der Waals surface area contributed by atoms with Crippen LogP contribution in [0.3, 0.4) is 0 Å². The summed E-state index contributed by atoms with van der Waals surface area (Å²) in [5.74, 6) is 0.374. The molecule has 0 unspecified atom stereocenters. The summed E-state index contributed by atoms with van der Waals surface area (Å²) >= 11 is 5.99. The van der Waals surface area contributed by atoms with Gasteiger partial charge >= 0.3 is 0 Å². The molecule has 0 aliphatic heterocycles. The Hall–Kier alpha value is -1.44. The molecule has 1 aliphatic carbocycles. The summed E-state index contributed by atoms with van der Waals surface area (Å²) in [6.07, 6.45) is 5.07. The molecule has 0 aromatic carbocycles. The molecule has 1 N–H and O–H groups in total. The fourth-order valence-corrected chi connectivity index (χ4v) is 4.07. The van der Waals surface area contributed by atoms with E-state index in [1.165, 1.54) is 6.26 Å². The van der Waals surface area contributed by atoms with E-state index in [2.05, 4.69) is 9.97 Å². The maximum absolute atomic E-state index is 11.5. The van der Waals surface area contributed by atoms with Gasteiger partial charge < -0.3 is 9.84 Å². The van der Waals surface area contributed by atoms with Crippen molar-refractivity contribution in [2.45, 2.75) is 43.6 Å². The van der Waals surface area contributed by atoms with E-state index in [-0.39, 0.29) is 11.4 Å². The van der Waals surface area contributed by atoms with E-state index in [9.17, 15) is 13.5 Å². The summed E-state index contributed by atoms with van der Waals surface area (Å²) in [4.78, 5) is 8.36. The Balaban J connectivity index is 1.93. The van der Waals surface area contributed by atoms with E-state index in [4.69, 9.17) is 16.3 Å². The zero-order valence-corrected chi connectivity index (χ0v) is 15.2. The first kappa shape index (κ1) is 17.4. The van der Waals surface area contributed by atoms with Crippen molar-refractivity contribution < 1.29 is 18.3 Å². The van der Waals surface area contributed by atoms with E-state index >= 15 is 0 Å². The molecule has 24 heavy (non-hydrogen) atoms. The van der Waals surface area contributed by atoms with Crippen LogP contribution in [0.2, 0.25) is 5.15 Å². The number of nitrogens with zero attached hydrogens (tertiary/aromatic N) is 2. The summed E-state index contributed by atoms with van der Waals surface area (Å²) in [6.45, 7) is 3.34. The zero-order valence-electron chi connectivity index (χ0n) is 13.7. The van der Waals surface area contributed by atoms with Crippen molar-refractivity contribution in [1.82, 2.24) is 9.97 Å². The lowest BCUT2D eigenvalue weighted by Gasteiger charge is -2.34. The van der Waals surface area contributed by atoms with Crippen LogP contribution < -0.4 is 4.74 Å². The smallest absolute Gasteiger partial charge is 0.223 e. The number of halogens is 1. The van der Waals surface area contributed by atoms with E-state index in [1.807, 2.05) is 0 Å². The first-order chi connectivity index (χ1) is 11.1. The fourth-order valence-electron chi connectivity index (χ4n) is 2.79. The van der Waals surface area contributed by atoms with Crippen LogP contribution in [-0.2, 0) is 15.4 Å². The van der Waals surface area contributed by atoms with Gasteiger partial charge in [-0.05, 0) is 25.3 Å². The number of fused-ring (bicyclic) bond motifs is 1. The highest BCUT2D eigenvalue weighted by molar-refractivity contribution is 7.91. The van der Waals surface area contributed by atoms with Crippen molar-refractivity contribution >= 4 is 32.2 Å². The lowest BCUT2D eigenvalue weighted by Crippen LogP contribution is -2.42. The predicted octanol–water partition coefficient (Wildman–Crippen LogP) is 2.47. The molecule has 0 spiro atoms. The number of hydrogen-bond donors (Lipinski definition) is 1. The molecule has 130 valence electrons. The van der Waals surface area contributed by atoms with Gasteiger partial charge in [-0.15, -0.1) is 0 Å². The van der Waals surface area contributed by atoms with Crippen molar-refractivity contribution in [2.75, 3.05) is 6.26 Å². The third-order valence-electron chi connectivity index (χ3n) is 4.30. The molecular formula is C16H19ClN2O4S. The number of hydrogen-bond acceptors (Lipinski definition) is 6. The molecular weight excluding hydrogens is 352 g/mol. The van der Waals surface area contributed by atoms with Crippen LogP contribution in [0, 0.1) is 0 Å². The lowest BCUT2D eigenvalue weighted by molar-refractivity contribution is 0.0794. The molecule has 1 aliphatic rings. The summed E-state index contributed by atoms with van der Waals surface area (Å²) in [6, 6.07) is 1.67. The number of sulfone groups is 1. The minimum atomic E-state index is -3.03. The minimum absolute atomic E-state index is 0.191. The lowest BCUT2D eigenvalue weighted by atomic mass is 9.94. The fraction of sp³-hybridized carbons (Fsp3) is 0.500. The molecule has 2 aromatic rings. The average molecular weight is 371 g/mol. The molecule has 1 fully saturated rings. The van der Waals surface area contributed by atoms with Crippen LogP contribution in [0.4, 0.5) is 0 Å². The molecule has 2 aromatic heterocycles. The van der Waals surface area contributed by atoms with Crippen LogP contribution in [0.5, 0.6) is 5.88 Å². The van der Waals surface area contributed by atoms with E-state index in [0.717, 1.165) is 0 Å². The van der Waals surface area contributed by atoms with Gasteiger partial charge in [-0.3, -0.25) is 0 Å². The third-order valence-corrected chi connectivity index (χ3v) is 6.10. The second-order valence-electron chi connectivity index (χ2n) is 6.75. The Kier molecular flexibility index (Phi) is 4.22. The Morgan fingerprint density at radius 2 is 1.92 bits per heavy atom. The predicted molar refractivity (Wildman–Crippen MR) is 92.1 cm³/mol. The Morgan fingerprint density at radius 3 is 2.50 bits per heavy atom. The maximum atomic E-state index is 11.5. The molecule has 2 heterocycles. The van der Waals surface area contributed by atoms with Crippen molar-refractivity contribution in [3.63, 3.8) is 0 Å². The maximum Gasteiger partial charge on any atom is 0.223 e. The van der Waals surface area contributed by atoms with Crippen molar-refractivity contribution in [1.29, 1.82) is 0 Å². The van der Waals surface area contributed by atoms with Gasteiger partial charge in [0.2, 0.25) is 5.88 Å². The molecule has 8 heteroatoms. The number of rotatable bonds is 4. The highest BCUT2D eigenvalue weighted by Gasteiger charge is 2.38. The highest BCUT2D eigenvalue weighted by atomic mass is 35.5. The normalized spacial score (nSPS) is 21.5. The highest BCUT2D eigenvalue weighted by Crippen LogP contribution is 2.36. The van der Waals surface area contributed by atoms with Crippen molar-refractivity contribution in [3.8, 4) is 5.88 Å². The second-order valence-corrected chi connectivity index (χ2v) is 9.46. The van der Waals surface area contributed by atoms with E-state index < -0.39 is 15.4 Å². The van der Waals surface area contributed by atoms with Gasteiger partial charge in [0.1, 0.15) is 11.3 Å². The summed E-state index contributed by atoms with van der Waals surface area (Å²) in [5, 5.41) is 11.6. The first-order valence-electron chi connectivity index (χ1n) is 7.58. The van der Waals surface area contributed by atoms with Crippen LogP contribution in [-0.4, -0.2) is 41.1 Å². The minimum Gasteiger partial charge on any atom is -0.474 e. The Morgan fingerprint density at radius 1 is 1.25 bits per heavy atom. The van der Waals surface area contributed by atoms with E-state index in [0.29, 0.717) is 40.2 Å². The quantitative estimate of drug-likeness (QED) is 0.831. The molecule has 1 saturated carbocycles. The molecule has 0 bridgehead atoms. The Bertz CT molecular complexity index is 887. The monoisotopic (exact) mass is 370 g/mol. The van der Waals surface area contributed by atoms with Gasteiger partial charge in [0.25, 0.3) is 0 Å². The van der Waals surface area contributed by atoms with Crippen LogP contribution >= 0.6 is 11.6 Å². The SMILES string of the molecule is CC(C)(O)c1cnc(O[C@H]2C[C@@H](S(C)(=O)=O)C2)c2cnc(Cl)cc12. The molecule has 0 amide bonds. The van der Waals surface area contributed by atoms with Gasteiger partial charge in [0, 0.05) is 37.1 Å². The van der Waals surface area contributed by atoms with Crippen LogP contribution in [0.15, 0.2) is 18.5 Å². The number of aliphatic hydroxyl groups is 1. The number of aromatic nitrogens is 2. The van der Waals surface area contributed by atoms with Gasteiger partial charge in [-0.25, -0.2) is 18.4 Å². The number of pyridine rings is 2. The summed E-state index contributed by atoms with van der Waals surface area (Å²) < 4.78 is 28.8. The van der Waals surface area contributed by atoms with E-state index in [1.54, 1.807) is 32.3 Å². The number of ether oxygens (including phenoxy) is 1. The van der Waals surface area contributed by atoms with Gasteiger partial charge in [0.05, 0.1) is 16.2 Å². The van der Waals surface area contributed by atoms with Gasteiger partial charge in [0.15, 0.2) is 9.84 Å². The van der Waals surface area contributed by atoms with Crippen LogP contribution in [0.1, 0.15) is 32.3 Å². The molecule has 0 radical (unpaired) electrons.